The van der Waals surface area contributed by atoms with E-state index in [9.17, 15) is 28.1 Å². The Hall–Kier alpha value is -3.47. The molecule has 3 rings (SSSR count). The highest BCUT2D eigenvalue weighted by Gasteiger charge is 2.27. The molecule has 10 nitrogen and oxygen atoms in total. The van der Waals surface area contributed by atoms with Gasteiger partial charge in [0.1, 0.15) is 0 Å². The van der Waals surface area contributed by atoms with Gasteiger partial charge in [0.05, 0.1) is 21.1 Å². The van der Waals surface area contributed by atoms with Gasteiger partial charge in [-0.25, -0.2) is 13.2 Å². The number of para-hydroxylation sites is 1. The van der Waals surface area contributed by atoms with Crippen molar-refractivity contribution < 1.29 is 27.7 Å². The lowest BCUT2D eigenvalue weighted by Gasteiger charge is -2.24. The Morgan fingerprint density at radius 1 is 1.11 bits per heavy atom. The van der Waals surface area contributed by atoms with Crippen LogP contribution in [0.3, 0.4) is 0 Å². The third-order valence-corrected chi connectivity index (χ3v) is 7.45. The zero-order valence-corrected chi connectivity index (χ0v) is 20.7. The lowest BCUT2D eigenvalue weighted by Crippen LogP contribution is -2.42. The Morgan fingerprint density at radius 3 is 2.43 bits per heavy atom. The van der Waals surface area contributed by atoms with Crippen LogP contribution in [0.4, 0.5) is 11.4 Å². The van der Waals surface area contributed by atoms with Crippen LogP contribution in [0.2, 0.25) is 0 Å². The van der Waals surface area contributed by atoms with E-state index in [1.807, 2.05) is 0 Å². The fourth-order valence-corrected chi connectivity index (χ4v) is 5.49. The van der Waals surface area contributed by atoms with Gasteiger partial charge in [0, 0.05) is 17.7 Å². The molecule has 2 N–H and O–H groups in total. The minimum absolute atomic E-state index is 0.0267. The van der Waals surface area contributed by atoms with Gasteiger partial charge < -0.3 is 10.1 Å². The topological polar surface area (TPSA) is 145 Å². The smallest absolute Gasteiger partial charge is 0.341 e. The Labute approximate surface area is 204 Å². The molecule has 0 spiro atoms. The number of nitrogens with zero attached hydrogens (tertiary/aromatic N) is 1. The number of nitro groups is 1. The normalized spacial score (nSPS) is 15.2. The van der Waals surface area contributed by atoms with Crippen molar-refractivity contribution in [2.45, 2.75) is 69.9 Å². The third kappa shape index (κ3) is 6.36. The standard InChI is InChI=1S/C24H29N3O7S/c1-15-13-21(27(30)31)16(2)22(14-15)35(32,33)26-20-12-8-7-11-19(20)24(29)34-17(3)23(28)25-18-9-5-4-6-10-18/h7-8,11-14,17-18,26H,4-6,9-10H2,1-3H3,(H,25,28)/t17-/m1/s1. The number of carbonyl (C=O) groups is 2. The van der Waals surface area contributed by atoms with Crippen LogP contribution in [0.1, 0.15) is 60.5 Å². The van der Waals surface area contributed by atoms with Crippen LogP contribution in [-0.2, 0) is 19.6 Å². The van der Waals surface area contributed by atoms with E-state index in [0.717, 1.165) is 32.1 Å². The number of amides is 1. The van der Waals surface area contributed by atoms with Gasteiger partial charge in [0.25, 0.3) is 21.6 Å². The van der Waals surface area contributed by atoms with Crippen LogP contribution in [-0.4, -0.2) is 37.4 Å². The molecule has 1 saturated carbocycles. The van der Waals surface area contributed by atoms with E-state index in [4.69, 9.17) is 4.74 Å². The van der Waals surface area contributed by atoms with Crippen molar-refractivity contribution in [2.75, 3.05) is 4.72 Å². The molecule has 0 aromatic heterocycles. The molecule has 35 heavy (non-hydrogen) atoms. The summed E-state index contributed by atoms with van der Waals surface area (Å²) in [6, 6.07) is 8.47. The summed E-state index contributed by atoms with van der Waals surface area (Å²) in [4.78, 5) is 35.7. The van der Waals surface area contributed by atoms with Crippen molar-refractivity contribution in [1.29, 1.82) is 0 Å². The maximum Gasteiger partial charge on any atom is 0.341 e. The first-order valence-corrected chi connectivity index (χ1v) is 12.9. The molecular formula is C24H29N3O7S. The zero-order chi connectivity index (χ0) is 25.8. The van der Waals surface area contributed by atoms with Crippen molar-refractivity contribution in [3.05, 3.63) is 63.2 Å². The summed E-state index contributed by atoms with van der Waals surface area (Å²) in [5.74, 6) is -1.28. The molecule has 1 aliphatic carbocycles. The zero-order valence-electron chi connectivity index (χ0n) is 19.9. The van der Waals surface area contributed by atoms with Gasteiger partial charge in [-0.3, -0.25) is 19.6 Å². The van der Waals surface area contributed by atoms with E-state index in [0.29, 0.717) is 5.56 Å². The number of ether oxygens (including phenoxy) is 1. The van der Waals surface area contributed by atoms with Gasteiger partial charge in [0.15, 0.2) is 6.10 Å². The minimum Gasteiger partial charge on any atom is -0.449 e. The van der Waals surface area contributed by atoms with Crippen LogP contribution in [0, 0.1) is 24.0 Å². The van der Waals surface area contributed by atoms with Crippen molar-refractivity contribution in [1.82, 2.24) is 5.32 Å². The molecule has 188 valence electrons. The molecule has 2 aromatic rings. The second-order valence-corrected chi connectivity index (χ2v) is 10.4. The average molecular weight is 504 g/mol. The first-order chi connectivity index (χ1) is 16.5. The Balaban J connectivity index is 1.79. The highest BCUT2D eigenvalue weighted by Crippen LogP contribution is 2.29. The minimum atomic E-state index is -4.28. The highest BCUT2D eigenvalue weighted by molar-refractivity contribution is 7.92. The Morgan fingerprint density at radius 2 is 1.77 bits per heavy atom. The number of hydrogen-bond acceptors (Lipinski definition) is 7. The van der Waals surface area contributed by atoms with Gasteiger partial charge in [-0.1, -0.05) is 31.4 Å². The van der Waals surface area contributed by atoms with Gasteiger partial charge in [-0.15, -0.1) is 0 Å². The van der Waals surface area contributed by atoms with Gasteiger partial charge in [-0.2, -0.15) is 0 Å². The Bertz CT molecular complexity index is 1240. The first-order valence-electron chi connectivity index (χ1n) is 11.4. The number of hydrogen-bond donors (Lipinski definition) is 2. The SMILES string of the molecule is Cc1cc([N+](=O)[O-])c(C)c(S(=O)(=O)Nc2ccccc2C(=O)O[C@H](C)C(=O)NC2CCCCC2)c1. The van der Waals surface area contributed by atoms with Gasteiger partial charge >= 0.3 is 5.97 Å². The van der Waals surface area contributed by atoms with Crippen LogP contribution in [0.25, 0.3) is 0 Å². The third-order valence-electron chi connectivity index (χ3n) is 5.96. The van der Waals surface area contributed by atoms with E-state index in [-0.39, 0.29) is 33.4 Å². The van der Waals surface area contributed by atoms with E-state index in [1.165, 1.54) is 50.2 Å². The number of aryl methyl sites for hydroxylation is 1. The molecule has 0 aliphatic heterocycles. The van der Waals surface area contributed by atoms with Crippen LogP contribution in [0.15, 0.2) is 41.3 Å². The van der Waals surface area contributed by atoms with Gasteiger partial charge in [0.2, 0.25) is 0 Å². The number of esters is 1. The van der Waals surface area contributed by atoms with E-state index >= 15 is 0 Å². The number of nitrogens with one attached hydrogen (secondary N) is 2. The molecule has 1 fully saturated rings. The second-order valence-electron chi connectivity index (χ2n) is 8.71. The molecular weight excluding hydrogens is 474 g/mol. The van der Waals surface area contributed by atoms with Crippen molar-refractivity contribution >= 4 is 33.3 Å². The monoisotopic (exact) mass is 503 g/mol. The van der Waals surface area contributed by atoms with Crippen molar-refractivity contribution in [3.63, 3.8) is 0 Å². The van der Waals surface area contributed by atoms with Crippen LogP contribution < -0.4 is 10.0 Å². The number of sulfonamides is 1. The summed E-state index contributed by atoms with van der Waals surface area (Å²) in [6.07, 6.45) is 3.91. The Kier molecular flexibility index (Phi) is 8.11. The summed E-state index contributed by atoms with van der Waals surface area (Å²) >= 11 is 0. The summed E-state index contributed by atoms with van der Waals surface area (Å²) in [7, 11) is -4.28. The molecule has 0 saturated heterocycles. The molecule has 1 amide bonds. The van der Waals surface area contributed by atoms with E-state index in [1.54, 1.807) is 6.92 Å². The first kappa shape index (κ1) is 26.1. The predicted octanol–water partition coefficient (Wildman–Crippen LogP) is 4.01. The highest BCUT2D eigenvalue weighted by atomic mass is 32.2. The second kappa shape index (κ2) is 10.9. The molecule has 11 heteroatoms. The fourth-order valence-electron chi connectivity index (χ4n) is 4.07. The molecule has 0 radical (unpaired) electrons. The number of anilines is 1. The molecule has 0 bridgehead atoms. The molecule has 0 unspecified atom stereocenters. The predicted molar refractivity (Wildman–Crippen MR) is 130 cm³/mol. The maximum atomic E-state index is 13.1. The van der Waals surface area contributed by atoms with E-state index < -0.39 is 32.9 Å². The van der Waals surface area contributed by atoms with Crippen molar-refractivity contribution in [3.8, 4) is 0 Å². The largest absolute Gasteiger partial charge is 0.449 e. The maximum absolute atomic E-state index is 13.1. The molecule has 2 aromatic carbocycles. The van der Waals surface area contributed by atoms with E-state index in [2.05, 4.69) is 10.0 Å². The van der Waals surface area contributed by atoms with Crippen LogP contribution >= 0.6 is 0 Å². The van der Waals surface area contributed by atoms with Crippen molar-refractivity contribution in [2.24, 2.45) is 0 Å². The molecule has 1 aliphatic rings. The molecule has 1 atom stereocenters. The van der Waals surface area contributed by atoms with Gasteiger partial charge in [-0.05, 0) is 57.4 Å². The quantitative estimate of drug-likeness (QED) is 0.314. The summed E-state index contributed by atoms with van der Waals surface area (Å²) in [5.41, 5.74) is -0.112. The average Bonchev–Trinajstić information content (AvgIpc) is 2.80. The lowest BCUT2D eigenvalue weighted by molar-refractivity contribution is -0.385. The number of carbonyl (C=O) groups excluding carboxylic acids is 2. The molecule has 0 heterocycles. The number of benzene rings is 2. The summed E-state index contributed by atoms with van der Waals surface area (Å²) < 4.78 is 33.9. The fraction of sp³-hybridized carbons (Fsp3) is 0.417. The number of nitro benzene ring substituents is 1. The number of rotatable bonds is 8. The van der Waals surface area contributed by atoms with Crippen LogP contribution in [0.5, 0.6) is 0 Å². The summed E-state index contributed by atoms with van der Waals surface area (Å²) in [5, 5.41) is 14.2. The summed E-state index contributed by atoms with van der Waals surface area (Å²) in [6.45, 7) is 4.35. The lowest BCUT2D eigenvalue weighted by atomic mass is 9.95.